The van der Waals surface area contributed by atoms with Crippen LogP contribution in [0, 0.1) is 11.3 Å². The highest BCUT2D eigenvalue weighted by Crippen LogP contribution is 2.34. The van der Waals surface area contributed by atoms with Crippen LogP contribution in [0.3, 0.4) is 0 Å². The molecule has 0 radical (unpaired) electrons. The first-order valence-electron chi connectivity index (χ1n) is 9.11. The van der Waals surface area contributed by atoms with Gasteiger partial charge in [-0.3, -0.25) is 4.79 Å². The summed E-state index contributed by atoms with van der Waals surface area (Å²) in [5.41, 5.74) is 0.919. The molecule has 30 heavy (non-hydrogen) atoms. The van der Waals surface area contributed by atoms with Crippen LogP contribution in [0.1, 0.15) is 24.7 Å². The van der Waals surface area contributed by atoms with E-state index >= 15 is 0 Å². The van der Waals surface area contributed by atoms with E-state index in [2.05, 4.69) is 41.9 Å². The van der Waals surface area contributed by atoms with Crippen molar-refractivity contribution in [3.63, 3.8) is 0 Å². The first kappa shape index (κ1) is 22.0. The molecular weight excluding hydrogens is 516 g/mol. The largest absolute Gasteiger partial charge is 0.493 e. The zero-order valence-electron chi connectivity index (χ0n) is 16.4. The van der Waals surface area contributed by atoms with E-state index in [0.717, 1.165) is 15.4 Å². The maximum absolute atomic E-state index is 13.1. The molecule has 0 bridgehead atoms. The predicted molar refractivity (Wildman–Crippen MR) is 122 cm³/mol. The normalized spacial score (nSPS) is 11.0. The lowest BCUT2D eigenvalue weighted by molar-refractivity contribution is 0.329. The van der Waals surface area contributed by atoms with Crippen LogP contribution in [0.5, 0.6) is 11.5 Å². The summed E-state index contributed by atoms with van der Waals surface area (Å²) >= 11 is 6.83. The third kappa shape index (κ3) is 4.71. The molecule has 3 rings (SSSR count). The van der Waals surface area contributed by atoms with Crippen LogP contribution < -0.4 is 15.0 Å². The summed E-state index contributed by atoms with van der Waals surface area (Å²) in [6.45, 7) is 1.87. The number of ether oxygens (including phenoxy) is 2. The highest BCUT2D eigenvalue weighted by Gasteiger charge is 2.14. The summed E-state index contributed by atoms with van der Waals surface area (Å²) in [4.78, 5) is 17.7. The molecule has 7 nitrogen and oxygen atoms in total. The fraction of sp³-hybridized carbons (Fsp3) is 0.238. The summed E-state index contributed by atoms with van der Waals surface area (Å²) in [5.74, 6) is 1.38. The molecule has 0 amide bonds. The SMILES string of the molecule is CCCc1nc2ccc(Br)cc2c(=O)n1N=Cc1cc(Br)cc(OC)c1OCC#N. The van der Waals surface area contributed by atoms with Crippen molar-refractivity contribution in [2.24, 2.45) is 5.10 Å². The summed E-state index contributed by atoms with van der Waals surface area (Å²) in [6, 6.07) is 10.8. The first-order valence-corrected chi connectivity index (χ1v) is 10.7. The molecule has 0 spiro atoms. The first-order chi connectivity index (χ1) is 14.5. The Morgan fingerprint density at radius 3 is 2.77 bits per heavy atom. The molecule has 1 heterocycles. The third-order valence-corrected chi connectivity index (χ3v) is 5.16. The number of rotatable bonds is 7. The minimum absolute atomic E-state index is 0.147. The number of benzene rings is 2. The second-order valence-corrected chi connectivity index (χ2v) is 8.11. The Bertz CT molecular complexity index is 1220. The molecule has 0 unspecified atom stereocenters. The van der Waals surface area contributed by atoms with E-state index in [-0.39, 0.29) is 12.2 Å². The van der Waals surface area contributed by atoms with Gasteiger partial charge in [-0.25, -0.2) is 4.98 Å². The number of halogens is 2. The fourth-order valence-electron chi connectivity index (χ4n) is 2.91. The van der Waals surface area contributed by atoms with E-state index in [1.165, 1.54) is 18.0 Å². The molecule has 0 aliphatic rings. The summed E-state index contributed by atoms with van der Waals surface area (Å²) in [5, 5.41) is 13.8. The molecule has 0 aliphatic carbocycles. The van der Waals surface area contributed by atoms with Gasteiger partial charge >= 0.3 is 0 Å². The van der Waals surface area contributed by atoms with E-state index in [1.54, 1.807) is 24.3 Å². The van der Waals surface area contributed by atoms with E-state index in [0.29, 0.717) is 40.2 Å². The van der Waals surface area contributed by atoms with Crippen LogP contribution in [0.2, 0.25) is 0 Å². The number of hydrogen-bond donors (Lipinski definition) is 0. The van der Waals surface area contributed by atoms with Gasteiger partial charge in [-0.15, -0.1) is 0 Å². The van der Waals surface area contributed by atoms with Crippen LogP contribution in [0.15, 0.2) is 49.2 Å². The maximum atomic E-state index is 13.1. The molecule has 1 aromatic heterocycles. The predicted octanol–water partition coefficient (Wildman–Crippen LogP) is 4.67. The molecule has 0 atom stereocenters. The average molecular weight is 534 g/mol. The number of nitriles is 1. The van der Waals surface area contributed by atoms with Crippen molar-refractivity contribution in [3.8, 4) is 17.6 Å². The van der Waals surface area contributed by atoms with Gasteiger partial charge in [0.25, 0.3) is 5.56 Å². The summed E-state index contributed by atoms with van der Waals surface area (Å²) in [6.07, 6.45) is 2.91. The summed E-state index contributed by atoms with van der Waals surface area (Å²) < 4.78 is 13.7. The van der Waals surface area contributed by atoms with E-state index in [4.69, 9.17) is 14.7 Å². The Labute approximate surface area is 190 Å². The van der Waals surface area contributed by atoms with Gasteiger partial charge in [0.05, 0.1) is 24.2 Å². The van der Waals surface area contributed by atoms with Gasteiger partial charge in [0.15, 0.2) is 18.1 Å². The molecule has 0 saturated heterocycles. The number of nitrogens with zero attached hydrogens (tertiary/aromatic N) is 4. The van der Waals surface area contributed by atoms with Gasteiger partial charge in [-0.1, -0.05) is 38.8 Å². The Morgan fingerprint density at radius 1 is 1.27 bits per heavy atom. The number of aryl methyl sites for hydroxylation is 1. The van der Waals surface area contributed by atoms with E-state index < -0.39 is 0 Å². The van der Waals surface area contributed by atoms with Crippen LogP contribution >= 0.6 is 31.9 Å². The second-order valence-electron chi connectivity index (χ2n) is 6.27. The van der Waals surface area contributed by atoms with Crippen LogP contribution in [-0.4, -0.2) is 29.6 Å². The van der Waals surface area contributed by atoms with Crippen molar-refractivity contribution in [2.75, 3.05) is 13.7 Å². The molecule has 0 saturated carbocycles. The molecule has 0 fully saturated rings. The van der Waals surface area contributed by atoms with Crippen LogP contribution in [0.25, 0.3) is 10.9 Å². The third-order valence-electron chi connectivity index (χ3n) is 4.21. The molecule has 0 N–H and O–H groups in total. The average Bonchev–Trinajstić information content (AvgIpc) is 2.73. The Morgan fingerprint density at radius 2 is 2.07 bits per heavy atom. The monoisotopic (exact) mass is 532 g/mol. The summed E-state index contributed by atoms with van der Waals surface area (Å²) in [7, 11) is 1.51. The molecular formula is C21H18Br2N4O3. The standard InChI is InChI=1S/C21H18Br2N4O3/c1-3-4-19-26-17-6-5-14(22)10-16(17)21(28)27(19)25-12-13-9-15(23)11-18(29-2)20(13)30-8-7-24/h5-6,9-12H,3-4,8H2,1-2H3. The Hall–Kier alpha value is -2.70. The van der Waals surface area contributed by atoms with Crippen molar-refractivity contribution in [1.29, 1.82) is 5.26 Å². The number of aromatic nitrogens is 2. The van der Waals surface area contributed by atoms with Crippen molar-refractivity contribution < 1.29 is 9.47 Å². The highest BCUT2D eigenvalue weighted by atomic mass is 79.9. The molecule has 9 heteroatoms. The van der Waals surface area contributed by atoms with Crippen LogP contribution in [0.4, 0.5) is 0 Å². The van der Waals surface area contributed by atoms with Gasteiger partial charge in [-0.05, 0) is 36.8 Å². The fourth-order valence-corrected chi connectivity index (χ4v) is 3.73. The van der Waals surface area contributed by atoms with Crippen molar-refractivity contribution >= 4 is 49.0 Å². The molecule has 2 aromatic carbocycles. The van der Waals surface area contributed by atoms with Gasteiger partial charge in [0, 0.05) is 20.9 Å². The van der Waals surface area contributed by atoms with Crippen molar-refractivity contribution in [2.45, 2.75) is 19.8 Å². The molecule has 0 aliphatic heterocycles. The molecule has 3 aromatic rings. The Balaban J connectivity index is 2.17. The lowest BCUT2D eigenvalue weighted by Gasteiger charge is -2.12. The number of fused-ring (bicyclic) bond motifs is 1. The van der Waals surface area contributed by atoms with Crippen molar-refractivity contribution in [3.05, 3.63) is 61.0 Å². The molecule has 154 valence electrons. The quantitative estimate of drug-likeness (QED) is 0.412. The topological polar surface area (TPSA) is 89.5 Å². The van der Waals surface area contributed by atoms with E-state index in [1.807, 2.05) is 19.1 Å². The maximum Gasteiger partial charge on any atom is 0.282 e. The lowest BCUT2D eigenvalue weighted by atomic mass is 10.2. The van der Waals surface area contributed by atoms with E-state index in [9.17, 15) is 4.79 Å². The van der Waals surface area contributed by atoms with Gasteiger partial charge in [0.2, 0.25) is 0 Å². The van der Waals surface area contributed by atoms with Crippen LogP contribution in [-0.2, 0) is 6.42 Å². The minimum Gasteiger partial charge on any atom is -0.493 e. The van der Waals surface area contributed by atoms with Gasteiger partial charge < -0.3 is 9.47 Å². The lowest BCUT2D eigenvalue weighted by Crippen LogP contribution is -2.22. The number of hydrogen-bond acceptors (Lipinski definition) is 6. The highest BCUT2D eigenvalue weighted by molar-refractivity contribution is 9.10. The van der Waals surface area contributed by atoms with Gasteiger partial charge in [-0.2, -0.15) is 15.0 Å². The zero-order chi connectivity index (χ0) is 21.7. The second kappa shape index (κ2) is 9.87. The minimum atomic E-state index is -0.262. The smallest absolute Gasteiger partial charge is 0.282 e. The Kier molecular flexibility index (Phi) is 7.24. The zero-order valence-corrected chi connectivity index (χ0v) is 19.5. The van der Waals surface area contributed by atoms with Crippen molar-refractivity contribution in [1.82, 2.24) is 9.66 Å². The number of methoxy groups -OCH3 is 1. The van der Waals surface area contributed by atoms with Gasteiger partial charge in [0.1, 0.15) is 11.9 Å².